The maximum atomic E-state index is 12.6. The van der Waals surface area contributed by atoms with E-state index in [2.05, 4.69) is 17.3 Å². The Balaban J connectivity index is 1.93. The molecule has 0 bridgehead atoms. The second kappa shape index (κ2) is 7.19. The highest BCUT2D eigenvalue weighted by atomic mass is 32.1. The average molecular weight is 354 g/mol. The summed E-state index contributed by atoms with van der Waals surface area (Å²) in [6.07, 6.45) is 3.82. The Labute approximate surface area is 153 Å². The van der Waals surface area contributed by atoms with Crippen molar-refractivity contribution < 1.29 is 4.79 Å². The zero-order valence-electron chi connectivity index (χ0n) is 14.7. The van der Waals surface area contributed by atoms with Gasteiger partial charge in [-0.1, -0.05) is 31.5 Å². The van der Waals surface area contributed by atoms with Gasteiger partial charge in [0, 0.05) is 17.8 Å². The maximum Gasteiger partial charge on any atom is 0.276 e. The van der Waals surface area contributed by atoms with Crippen LogP contribution >= 0.6 is 12.2 Å². The normalized spacial score (nSPS) is 16.0. The molecule has 0 saturated carbocycles. The van der Waals surface area contributed by atoms with Crippen molar-refractivity contribution in [1.29, 1.82) is 0 Å². The molecule has 3 rings (SSSR count). The number of thiocarbonyl (C=S) groups is 1. The maximum absolute atomic E-state index is 12.6. The van der Waals surface area contributed by atoms with E-state index in [1.165, 1.54) is 0 Å². The second-order valence-electron chi connectivity index (χ2n) is 6.13. The minimum atomic E-state index is -0.0651. The van der Waals surface area contributed by atoms with Crippen LogP contribution in [0.2, 0.25) is 0 Å². The Morgan fingerprint density at radius 2 is 1.96 bits per heavy atom. The van der Waals surface area contributed by atoms with E-state index in [1.807, 2.05) is 54.9 Å². The molecule has 130 valence electrons. The number of nitrogens with one attached hydrogen (secondary N) is 1. The molecule has 0 radical (unpaired) electrons. The lowest BCUT2D eigenvalue weighted by Crippen LogP contribution is -2.31. The standard InChI is InChI=1S/C19H22N4OS/c1-4-5-11-22-18(24)17(20-19(22)25)12-16-13(2)21-23(14(16)3)15-9-7-6-8-10-15/h6-10,12H,4-5,11H2,1-3H3,(H,20,25)/b17-12+. The summed E-state index contributed by atoms with van der Waals surface area (Å²) in [7, 11) is 0. The largest absolute Gasteiger partial charge is 0.328 e. The van der Waals surface area contributed by atoms with Gasteiger partial charge >= 0.3 is 0 Å². The monoisotopic (exact) mass is 354 g/mol. The highest BCUT2D eigenvalue weighted by molar-refractivity contribution is 7.80. The first-order valence-electron chi connectivity index (χ1n) is 8.49. The molecule has 2 aromatic rings. The molecule has 25 heavy (non-hydrogen) atoms. The summed E-state index contributed by atoms with van der Waals surface area (Å²) >= 11 is 5.30. The molecule has 1 aliphatic rings. The first kappa shape index (κ1) is 17.4. The lowest BCUT2D eigenvalue weighted by Gasteiger charge is -2.12. The Kier molecular flexibility index (Phi) is 4.99. The molecule has 1 aliphatic heterocycles. The molecule has 0 unspecified atom stereocenters. The number of hydrogen-bond acceptors (Lipinski definition) is 3. The van der Waals surface area contributed by atoms with Gasteiger partial charge in [-0.05, 0) is 50.7 Å². The highest BCUT2D eigenvalue weighted by Gasteiger charge is 2.30. The van der Waals surface area contributed by atoms with Gasteiger partial charge in [-0.15, -0.1) is 0 Å². The minimum absolute atomic E-state index is 0.0651. The summed E-state index contributed by atoms with van der Waals surface area (Å²) in [6, 6.07) is 9.96. The fraction of sp³-hybridized carbons (Fsp3) is 0.316. The van der Waals surface area contributed by atoms with E-state index in [9.17, 15) is 4.79 Å². The molecule has 0 spiro atoms. The number of aryl methyl sites for hydroxylation is 1. The van der Waals surface area contributed by atoms with E-state index in [0.29, 0.717) is 17.4 Å². The number of amides is 1. The van der Waals surface area contributed by atoms with Crippen molar-refractivity contribution in [3.8, 4) is 5.69 Å². The number of carbonyl (C=O) groups excluding carboxylic acids is 1. The third-order valence-corrected chi connectivity index (χ3v) is 4.66. The number of carbonyl (C=O) groups is 1. The SMILES string of the molecule is CCCCN1C(=O)/C(=C\c2c(C)nn(-c3ccccc3)c2C)NC1=S. The smallest absolute Gasteiger partial charge is 0.276 e. The van der Waals surface area contributed by atoms with Gasteiger partial charge < -0.3 is 5.32 Å². The molecule has 5 nitrogen and oxygen atoms in total. The first-order valence-corrected chi connectivity index (χ1v) is 8.90. The summed E-state index contributed by atoms with van der Waals surface area (Å²) < 4.78 is 1.90. The number of rotatable bonds is 5. The molecule has 6 heteroatoms. The van der Waals surface area contributed by atoms with Gasteiger partial charge in [-0.2, -0.15) is 5.10 Å². The lowest BCUT2D eigenvalue weighted by atomic mass is 10.1. The zero-order chi connectivity index (χ0) is 18.0. The van der Waals surface area contributed by atoms with Crippen LogP contribution in [0.4, 0.5) is 0 Å². The highest BCUT2D eigenvalue weighted by Crippen LogP contribution is 2.22. The number of nitrogens with zero attached hydrogens (tertiary/aromatic N) is 3. The molecule has 0 atom stereocenters. The Morgan fingerprint density at radius 1 is 1.24 bits per heavy atom. The number of benzene rings is 1. The van der Waals surface area contributed by atoms with Gasteiger partial charge in [-0.3, -0.25) is 9.69 Å². The summed E-state index contributed by atoms with van der Waals surface area (Å²) in [5.74, 6) is -0.0651. The van der Waals surface area contributed by atoms with E-state index in [0.717, 1.165) is 35.5 Å². The number of hydrogen-bond donors (Lipinski definition) is 1. The minimum Gasteiger partial charge on any atom is -0.328 e. The topological polar surface area (TPSA) is 50.2 Å². The van der Waals surface area contributed by atoms with Crippen LogP contribution in [0.15, 0.2) is 36.0 Å². The van der Waals surface area contributed by atoms with Crippen LogP contribution < -0.4 is 5.32 Å². The molecule has 1 aromatic carbocycles. The van der Waals surface area contributed by atoms with E-state index >= 15 is 0 Å². The number of aromatic nitrogens is 2. The van der Waals surface area contributed by atoms with Gasteiger partial charge in [0.05, 0.1) is 11.4 Å². The Morgan fingerprint density at radius 3 is 2.64 bits per heavy atom. The molecule has 1 amide bonds. The zero-order valence-corrected chi connectivity index (χ0v) is 15.6. The van der Waals surface area contributed by atoms with Crippen LogP contribution in [0.1, 0.15) is 36.7 Å². The Bertz CT molecular complexity index is 839. The lowest BCUT2D eigenvalue weighted by molar-refractivity contribution is -0.122. The Hall–Kier alpha value is -2.47. The van der Waals surface area contributed by atoms with Crippen molar-refractivity contribution in [2.75, 3.05) is 6.54 Å². The molecular formula is C19H22N4OS. The number of unbranched alkanes of at least 4 members (excludes halogenated alkanes) is 1. The van der Waals surface area contributed by atoms with Crippen molar-refractivity contribution in [1.82, 2.24) is 20.0 Å². The van der Waals surface area contributed by atoms with Gasteiger partial charge in [0.15, 0.2) is 5.11 Å². The van der Waals surface area contributed by atoms with Crippen molar-refractivity contribution in [2.24, 2.45) is 0 Å². The third kappa shape index (κ3) is 3.35. The summed E-state index contributed by atoms with van der Waals surface area (Å²) in [6.45, 7) is 6.70. The quantitative estimate of drug-likeness (QED) is 0.661. The van der Waals surface area contributed by atoms with Crippen LogP contribution in [0.25, 0.3) is 11.8 Å². The summed E-state index contributed by atoms with van der Waals surface area (Å²) in [4.78, 5) is 14.2. The fourth-order valence-corrected chi connectivity index (χ4v) is 3.20. The van der Waals surface area contributed by atoms with Crippen molar-refractivity contribution in [3.05, 3.63) is 53.0 Å². The van der Waals surface area contributed by atoms with Crippen LogP contribution in [0, 0.1) is 13.8 Å². The fourth-order valence-electron chi connectivity index (χ4n) is 2.92. The van der Waals surface area contributed by atoms with Crippen LogP contribution in [0.3, 0.4) is 0 Å². The van der Waals surface area contributed by atoms with E-state index in [1.54, 1.807) is 4.90 Å². The van der Waals surface area contributed by atoms with Crippen molar-refractivity contribution in [2.45, 2.75) is 33.6 Å². The van der Waals surface area contributed by atoms with E-state index in [4.69, 9.17) is 12.2 Å². The van der Waals surface area contributed by atoms with Gasteiger partial charge in [0.2, 0.25) is 0 Å². The number of para-hydroxylation sites is 1. The van der Waals surface area contributed by atoms with Crippen LogP contribution in [-0.2, 0) is 4.79 Å². The summed E-state index contributed by atoms with van der Waals surface area (Å²) in [5.41, 5.74) is 4.32. The molecule has 1 fully saturated rings. The van der Waals surface area contributed by atoms with Crippen LogP contribution in [0.5, 0.6) is 0 Å². The van der Waals surface area contributed by atoms with Crippen molar-refractivity contribution in [3.63, 3.8) is 0 Å². The molecule has 1 saturated heterocycles. The summed E-state index contributed by atoms with van der Waals surface area (Å²) in [5, 5.41) is 8.15. The van der Waals surface area contributed by atoms with Gasteiger partial charge in [0.25, 0.3) is 5.91 Å². The van der Waals surface area contributed by atoms with E-state index in [-0.39, 0.29) is 5.91 Å². The predicted molar refractivity (Wildman–Crippen MR) is 103 cm³/mol. The first-order chi connectivity index (χ1) is 12.0. The molecule has 1 aromatic heterocycles. The van der Waals surface area contributed by atoms with Gasteiger partial charge in [-0.25, -0.2) is 4.68 Å². The van der Waals surface area contributed by atoms with Gasteiger partial charge in [0.1, 0.15) is 5.70 Å². The van der Waals surface area contributed by atoms with Crippen LogP contribution in [-0.4, -0.2) is 32.2 Å². The average Bonchev–Trinajstić information content (AvgIpc) is 3.04. The van der Waals surface area contributed by atoms with E-state index < -0.39 is 0 Å². The predicted octanol–water partition coefficient (Wildman–Crippen LogP) is 3.35. The second-order valence-corrected chi connectivity index (χ2v) is 6.52. The molecule has 2 heterocycles. The third-order valence-electron chi connectivity index (χ3n) is 4.33. The molecule has 0 aliphatic carbocycles. The molecular weight excluding hydrogens is 332 g/mol. The van der Waals surface area contributed by atoms with Crippen molar-refractivity contribution >= 4 is 29.3 Å². The molecule has 1 N–H and O–H groups in total.